The molecule has 0 aliphatic carbocycles. The van der Waals surface area contributed by atoms with Gasteiger partial charge >= 0.3 is 0 Å². The second-order valence-electron chi connectivity index (χ2n) is 5.86. The van der Waals surface area contributed by atoms with E-state index in [0.29, 0.717) is 38.6 Å². The molecule has 0 fully saturated rings. The molecular weight excluding hydrogens is 400 g/mol. The number of furan rings is 2. The van der Waals surface area contributed by atoms with Crippen LogP contribution in [0.2, 0.25) is 5.02 Å². The van der Waals surface area contributed by atoms with Gasteiger partial charge in [-0.2, -0.15) is 9.78 Å². The van der Waals surface area contributed by atoms with Crippen molar-refractivity contribution in [3.63, 3.8) is 0 Å². The molecule has 0 saturated heterocycles. The largest absolute Gasteiger partial charge is 0.484 e. The number of aromatic nitrogens is 3. The van der Waals surface area contributed by atoms with Crippen molar-refractivity contribution in [1.82, 2.24) is 14.9 Å². The third-order valence-corrected chi connectivity index (χ3v) is 4.46. The van der Waals surface area contributed by atoms with Gasteiger partial charge in [0.1, 0.15) is 23.9 Å². The molecule has 9 heteroatoms. The molecule has 0 amide bonds. The van der Waals surface area contributed by atoms with Gasteiger partial charge in [-0.05, 0) is 55.0 Å². The number of halogens is 1. The van der Waals surface area contributed by atoms with Gasteiger partial charge in [0.15, 0.2) is 5.76 Å². The molecule has 0 aliphatic rings. The van der Waals surface area contributed by atoms with Gasteiger partial charge in [-0.15, -0.1) is 5.10 Å². The van der Waals surface area contributed by atoms with Crippen LogP contribution in [-0.2, 0) is 6.61 Å². The molecule has 0 bridgehead atoms. The van der Waals surface area contributed by atoms with Gasteiger partial charge in [0.2, 0.25) is 10.6 Å². The summed E-state index contributed by atoms with van der Waals surface area (Å²) in [5.74, 6) is 2.85. The molecular formula is C19H15ClN4O3S. The minimum atomic E-state index is 0.251. The number of benzene rings is 1. The maximum absolute atomic E-state index is 6.17. The molecule has 0 unspecified atom stereocenters. The Morgan fingerprint density at radius 3 is 2.96 bits per heavy atom. The van der Waals surface area contributed by atoms with E-state index in [2.05, 4.69) is 15.3 Å². The number of H-pyrrole nitrogens is 1. The topological polar surface area (TPSA) is 81.5 Å². The maximum atomic E-state index is 6.17. The van der Waals surface area contributed by atoms with Gasteiger partial charge in [0.05, 0.1) is 17.5 Å². The minimum absolute atomic E-state index is 0.251. The Hall–Kier alpha value is -3.10. The van der Waals surface area contributed by atoms with E-state index in [1.165, 1.54) is 4.68 Å². The first-order chi connectivity index (χ1) is 13.6. The molecule has 0 radical (unpaired) electrons. The monoisotopic (exact) mass is 414 g/mol. The zero-order valence-corrected chi connectivity index (χ0v) is 16.3. The van der Waals surface area contributed by atoms with Crippen LogP contribution in [0.4, 0.5) is 0 Å². The van der Waals surface area contributed by atoms with Crippen LogP contribution in [0.1, 0.15) is 17.1 Å². The molecule has 0 saturated carbocycles. The summed E-state index contributed by atoms with van der Waals surface area (Å²) in [6.07, 6.45) is 3.10. The van der Waals surface area contributed by atoms with Crippen LogP contribution in [0, 0.1) is 11.7 Å². The summed E-state index contributed by atoms with van der Waals surface area (Å²) in [5.41, 5.74) is 0.959. The number of hydrogen-bond donors (Lipinski definition) is 1. The van der Waals surface area contributed by atoms with E-state index in [-0.39, 0.29) is 6.61 Å². The van der Waals surface area contributed by atoms with Crippen LogP contribution in [0.25, 0.3) is 11.6 Å². The molecule has 28 heavy (non-hydrogen) atoms. The lowest BCUT2D eigenvalue weighted by Crippen LogP contribution is -1.96. The summed E-state index contributed by atoms with van der Waals surface area (Å²) >= 11 is 11.4. The van der Waals surface area contributed by atoms with Crippen LogP contribution in [0.5, 0.6) is 5.75 Å². The van der Waals surface area contributed by atoms with Crippen molar-refractivity contribution in [2.75, 3.05) is 0 Å². The number of aryl methyl sites for hydroxylation is 1. The molecule has 0 aliphatic heterocycles. The SMILES string of the molecule is Cc1cccc(Cl)c1OCc1ccc(/C=N/n2c(-c3ccco3)n[nH]c2=S)o1. The number of aromatic amines is 1. The number of para-hydroxylation sites is 1. The van der Waals surface area contributed by atoms with Crippen molar-refractivity contribution >= 4 is 30.0 Å². The first kappa shape index (κ1) is 18.3. The Balaban J connectivity index is 1.49. The molecule has 0 atom stereocenters. The lowest BCUT2D eigenvalue weighted by molar-refractivity contribution is 0.268. The lowest BCUT2D eigenvalue weighted by Gasteiger charge is -2.09. The average Bonchev–Trinajstić information content (AvgIpc) is 3.41. The van der Waals surface area contributed by atoms with Gasteiger partial charge < -0.3 is 13.6 Å². The van der Waals surface area contributed by atoms with Crippen molar-refractivity contribution in [1.29, 1.82) is 0 Å². The molecule has 3 heterocycles. The lowest BCUT2D eigenvalue weighted by atomic mass is 10.2. The number of nitrogens with one attached hydrogen (secondary N) is 1. The molecule has 1 N–H and O–H groups in total. The van der Waals surface area contributed by atoms with E-state index >= 15 is 0 Å². The van der Waals surface area contributed by atoms with E-state index in [1.807, 2.05) is 25.1 Å². The van der Waals surface area contributed by atoms with Crippen molar-refractivity contribution < 1.29 is 13.6 Å². The van der Waals surface area contributed by atoms with Crippen molar-refractivity contribution in [3.05, 3.63) is 75.6 Å². The van der Waals surface area contributed by atoms with E-state index < -0.39 is 0 Å². The maximum Gasteiger partial charge on any atom is 0.219 e. The summed E-state index contributed by atoms with van der Waals surface area (Å²) in [7, 11) is 0. The molecule has 3 aromatic heterocycles. The van der Waals surface area contributed by atoms with E-state index in [1.54, 1.807) is 36.7 Å². The van der Waals surface area contributed by atoms with Crippen molar-refractivity contribution in [2.24, 2.45) is 5.10 Å². The smallest absolute Gasteiger partial charge is 0.219 e. The molecule has 0 spiro atoms. The normalized spacial score (nSPS) is 11.4. The molecule has 7 nitrogen and oxygen atoms in total. The van der Waals surface area contributed by atoms with Gasteiger partial charge in [0, 0.05) is 0 Å². The third kappa shape index (κ3) is 3.78. The van der Waals surface area contributed by atoms with E-state index in [0.717, 1.165) is 5.56 Å². The highest BCUT2D eigenvalue weighted by Crippen LogP contribution is 2.28. The number of rotatable bonds is 6. The minimum Gasteiger partial charge on any atom is -0.484 e. The van der Waals surface area contributed by atoms with Gasteiger partial charge in [-0.25, -0.2) is 5.10 Å². The Kier molecular flexibility index (Phi) is 5.14. The third-order valence-electron chi connectivity index (χ3n) is 3.90. The second kappa shape index (κ2) is 7.87. The van der Waals surface area contributed by atoms with Crippen LogP contribution in [-0.4, -0.2) is 21.1 Å². The summed E-state index contributed by atoms with van der Waals surface area (Å²) in [4.78, 5) is 0. The predicted molar refractivity (Wildman–Crippen MR) is 107 cm³/mol. The van der Waals surface area contributed by atoms with Crippen LogP contribution in [0.15, 0.2) is 62.7 Å². The van der Waals surface area contributed by atoms with Crippen LogP contribution < -0.4 is 4.74 Å². The Bertz CT molecular complexity index is 1150. The van der Waals surface area contributed by atoms with Crippen LogP contribution in [0.3, 0.4) is 0 Å². The molecule has 1 aromatic carbocycles. The number of ether oxygens (including phenoxy) is 1. The highest BCUT2D eigenvalue weighted by Gasteiger charge is 2.11. The fraction of sp³-hybridized carbons (Fsp3) is 0.105. The zero-order chi connectivity index (χ0) is 19.5. The van der Waals surface area contributed by atoms with Gasteiger partial charge in [0.25, 0.3) is 0 Å². The van der Waals surface area contributed by atoms with Crippen molar-refractivity contribution in [2.45, 2.75) is 13.5 Å². The van der Waals surface area contributed by atoms with E-state index in [9.17, 15) is 0 Å². The molecule has 4 aromatic rings. The summed E-state index contributed by atoms with van der Waals surface area (Å²) in [6, 6.07) is 12.7. The summed E-state index contributed by atoms with van der Waals surface area (Å²) in [5, 5.41) is 11.7. The summed E-state index contributed by atoms with van der Waals surface area (Å²) in [6.45, 7) is 2.19. The number of nitrogens with zero attached hydrogens (tertiary/aromatic N) is 3. The zero-order valence-electron chi connectivity index (χ0n) is 14.8. The Morgan fingerprint density at radius 1 is 1.29 bits per heavy atom. The van der Waals surface area contributed by atoms with Gasteiger partial charge in [-0.1, -0.05) is 23.7 Å². The average molecular weight is 415 g/mol. The fourth-order valence-electron chi connectivity index (χ4n) is 2.56. The Labute approximate surface area is 170 Å². The van der Waals surface area contributed by atoms with Gasteiger partial charge in [-0.3, -0.25) is 0 Å². The highest BCUT2D eigenvalue weighted by molar-refractivity contribution is 7.71. The fourth-order valence-corrected chi connectivity index (χ4v) is 3.02. The van der Waals surface area contributed by atoms with Crippen molar-refractivity contribution in [3.8, 4) is 17.3 Å². The second-order valence-corrected chi connectivity index (χ2v) is 6.66. The first-order valence-electron chi connectivity index (χ1n) is 8.34. The standard InChI is InChI=1S/C19H15ClN4O3S/c1-12-4-2-5-15(20)17(12)26-11-14-8-7-13(27-14)10-21-24-18(22-23-19(24)28)16-6-3-9-25-16/h2-10H,11H2,1H3,(H,23,28)/b21-10+. The Morgan fingerprint density at radius 2 is 2.18 bits per heavy atom. The molecule has 4 rings (SSSR count). The summed E-state index contributed by atoms with van der Waals surface area (Å²) < 4.78 is 18.7. The predicted octanol–water partition coefficient (Wildman–Crippen LogP) is 5.22. The molecule has 142 valence electrons. The highest BCUT2D eigenvalue weighted by atomic mass is 35.5. The number of hydrogen-bond acceptors (Lipinski definition) is 6. The van der Waals surface area contributed by atoms with Crippen LogP contribution >= 0.6 is 23.8 Å². The first-order valence-corrected chi connectivity index (χ1v) is 9.13. The quantitative estimate of drug-likeness (QED) is 0.345. The van der Waals surface area contributed by atoms with E-state index in [4.69, 9.17) is 37.4 Å².